The molecule has 0 bridgehead atoms. The van der Waals surface area contributed by atoms with Crippen molar-refractivity contribution in [3.63, 3.8) is 0 Å². The second kappa shape index (κ2) is 5.88. The lowest BCUT2D eigenvalue weighted by Gasteiger charge is -2.17. The summed E-state index contributed by atoms with van der Waals surface area (Å²) >= 11 is 4.91. The van der Waals surface area contributed by atoms with Gasteiger partial charge in [0.25, 0.3) is 5.91 Å². The zero-order valence-electron chi connectivity index (χ0n) is 11.4. The Morgan fingerprint density at radius 2 is 1.95 bits per heavy atom. The molecule has 0 fully saturated rings. The van der Waals surface area contributed by atoms with Crippen molar-refractivity contribution < 1.29 is 9.21 Å². The van der Waals surface area contributed by atoms with Crippen LogP contribution in [-0.4, -0.2) is 17.9 Å². The van der Waals surface area contributed by atoms with E-state index in [4.69, 9.17) is 22.4 Å². The molecule has 0 aliphatic heterocycles. The van der Waals surface area contributed by atoms with Crippen molar-refractivity contribution in [2.45, 2.75) is 13.3 Å². The smallest absolute Gasteiger partial charge is 0.261 e. The highest BCUT2D eigenvalue weighted by molar-refractivity contribution is 7.80. The Labute approximate surface area is 123 Å². The Balaban J connectivity index is 2.24. The van der Waals surface area contributed by atoms with Gasteiger partial charge in [0.1, 0.15) is 10.7 Å². The zero-order chi connectivity index (χ0) is 14.7. The molecule has 1 aromatic carbocycles. The number of furan rings is 1. The molecule has 0 spiro atoms. The molecule has 1 heterocycles. The Morgan fingerprint density at radius 1 is 1.30 bits per heavy atom. The van der Waals surface area contributed by atoms with Crippen LogP contribution in [0.15, 0.2) is 41.0 Å². The second-order valence-electron chi connectivity index (χ2n) is 4.39. The third kappa shape index (κ3) is 2.72. The number of rotatable bonds is 4. The van der Waals surface area contributed by atoms with E-state index < -0.39 is 0 Å². The lowest BCUT2D eigenvalue weighted by molar-refractivity contribution is 0.0991. The van der Waals surface area contributed by atoms with Crippen LogP contribution in [-0.2, 0) is 6.42 Å². The summed E-state index contributed by atoms with van der Waals surface area (Å²) in [5, 5.41) is 0. The highest BCUT2D eigenvalue weighted by atomic mass is 32.1. The molecule has 0 aliphatic carbocycles. The number of benzene rings is 1. The summed E-state index contributed by atoms with van der Waals surface area (Å²) in [5.74, 6) is 0.597. The number of nitrogens with zero attached hydrogens (tertiary/aromatic N) is 1. The monoisotopic (exact) mass is 288 g/mol. The van der Waals surface area contributed by atoms with Crippen molar-refractivity contribution >= 4 is 28.8 Å². The zero-order valence-corrected chi connectivity index (χ0v) is 12.2. The number of hydrogen-bond acceptors (Lipinski definition) is 3. The standard InChI is InChI=1S/C15H16N2O2S/c1-3-13-12(8-9-19-13)15(18)17(2)11-6-4-10(5-7-11)14(16)20/h4-9H,3H2,1-2H3,(H2,16,20). The first-order valence-corrected chi connectivity index (χ1v) is 6.69. The summed E-state index contributed by atoms with van der Waals surface area (Å²) in [4.78, 5) is 14.3. The predicted octanol–water partition coefficient (Wildman–Crippen LogP) is 2.75. The van der Waals surface area contributed by atoms with Gasteiger partial charge in [-0.25, -0.2) is 0 Å². The normalized spacial score (nSPS) is 10.3. The third-order valence-electron chi connectivity index (χ3n) is 3.14. The molecule has 1 aromatic heterocycles. The minimum atomic E-state index is -0.0984. The lowest BCUT2D eigenvalue weighted by atomic mass is 10.1. The fourth-order valence-electron chi connectivity index (χ4n) is 1.95. The van der Waals surface area contributed by atoms with Crippen molar-refractivity contribution in [2.75, 3.05) is 11.9 Å². The van der Waals surface area contributed by atoms with Gasteiger partial charge >= 0.3 is 0 Å². The van der Waals surface area contributed by atoms with Crippen LogP contribution >= 0.6 is 12.2 Å². The number of carbonyl (C=O) groups is 1. The number of thiocarbonyl (C=S) groups is 1. The van der Waals surface area contributed by atoms with Crippen LogP contribution in [0.5, 0.6) is 0 Å². The van der Waals surface area contributed by atoms with Crippen LogP contribution in [0.3, 0.4) is 0 Å². The molecule has 4 nitrogen and oxygen atoms in total. The van der Waals surface area contributed by atoms with E-state index in [2.05, 4.69) is 0 Å². The molecule has 0 aliphatic rings. The van der Waals surface area contributed by atoms with Crippen LogP contribution in [0.4, 0.5) is 5.69 Å². The van der Waals surface area contributed by atoms with E-state index in [0.717, 1.165) is 11.3 Å². The van der Waals surface area contributed by atoms with Crippen LogP contribution in [0, 0.1) is 0 Å². The molecule has 0 saturated heterocycles. The Hall–Kier alpha value is -2.14. The van der Waals surface area contributed by atoms with E-state index in [9.17, 15) is 4.79 Å². The SMILES string of the molecule is CCc1occc1C(=O)N(C)c1ccc(C(N)=S)cc1. The summed E-state index contributed by atoms with van der Waals surface area (Å²) in [6.45, 7) is 1.95. The van der Waals surface area contributed by atoms with Gasteiger partial charge in [-0.2, -0.15) is 0 Å². The first-order valence-electron chi connectivity index (χ1n) is 6.29. The molecule has 5 heteroatoms. The largest absolute Gasteiger partial charge is 0.469 e. The fraction of sp³-hybridized carbons (Fsp3) is 0.200. The quantitative estimate of drug-likeness (QED) is 0.879. The van der Waals surface area contributed by atoms with Gasteiger partial charge < -0.3 is 15.1 Å². The average Bonchev–Trinajstić information content (AvgIpc) is 2.94. The Bertz CT molecular complexity index is 632. The lowest BCUT2D eigenvalue weighted by Crippen LogP contribution is -2.26. The molecule has 0 unspecified atom stereocenters. The number of nitrogens with two attached hydrogens (primary N) is 1. The molecular formula is C15H16N2O2S. The Kier molecular flexibility index (Phi) is 4.20. The average molecular weight is 288 g/mol. The third-order valence-corrected chi connectivity index (χ3v) is 3.38. The number of aryl methyl sites for hydroxylation is 1. The fourth-order valence-corrected chi connectivity index (χ4v) is 2.09. The van der Waals surface area contributed by atoms with Crippen LogP contribution in [0.25, 0.3) is 0 Å². The van der Waals surface area contributed by atoms with E-state index in [1.165, 1.54) is 6.26 Å². The number of anilines is 1. The van der Waals surface area contributed by atoms with Crippen molar-refractivity contribution in [2.24, 2.45) is 5.73 Å². The summed E-state index contributed by atoms with van der Waals surface area (Å²) in [7, 11) is 1.73. The summed E-state index contributed by atoms with van der Waals surface area (Å²) < 4.78 is 5.29. The first-order chi connectivity index (χ1) is 9.54. The Morgan fingerprint density at radius 3 is 2.50 bits per heavy atom. The molecule has 2 N–H and O–H groups in total. The van der Waals surface area contributed by atoms with Gasteiger partial charge in [-0.3, -0.25) is 4.79 Å². The number of carbonyl (C=O) groups excluding carboxylic acids is 1. The minimum Gasteiger partial charge on any atom is -0.469 e. The van der Waals surface area contributed by atoms with Gasteiger partial charge in [0.05, 0.1) is 11.8 Å². The van der Waals surface area contributed by atoms with Gasteiger partial charge in [-0.1, -0.05) is 19.1 Å². The second-order valence-corrected chi connectivity index (χ2v) is 4.83. The summed E-state index contributed by atoms with van der Waals surface area (Å²) in [6.07, 6.45) is 2.22. The molecule has 0 radical (unpaired) electrons. The van der Waals surface area contributed by atoms with Gasteiger partial charge in [0.2, 0.25) is 0 Å². The van der Waals surface area contributed by atoms with E-state index in [1.807, 2.05) is 19.1 Å². The van der Waals surface area contributed by atoms with Crippen LogP contribution < -0.4 is 10.6 Å². The van der Waals surface area contributed by atoms with Crippen molar-refractivity contribution in [3.8, 4) is 0 Å². The summed E-state index contributed by atoms with van der Waals surface area (Å²) in [6, 6.07) is 8.94. The minimum absolute atomic E-state index is 0.0984. The highest BCUT2D eigenvalue weighted by Gasteiger charge is 2.18. The van der Waals surface area contributed by atoms with E-state index in [-0.39, 0.29) is 5.91 Å². The maximum atomic E-state index is 12.4. The van der Waals surface area contributed by atoms with E-state index in [1.54, 1.807) is 30.1 Å². The highest BCUT2D eigenvalue weighted by Crippen LogP contribution is 2.19. The maximum Gasteiger partial charge on any atom is 0.261 e. The molecule has 104 valence electrons. The molecule has 20 heavy (non-hydrogen) atoms. The molecule has 1 amide bonds. The first kappa shape index (κ1) is 14.3. The molecule has 0 saturated carbocycles. The van der Waals surface area contributed by atoms with Gasteiger partial charge in [0.15, 0.2) is 0 Å². The molecule has 0 atom stereocenters. The van der Waals surface area contributed by atoms with E-state index >= 15 is 0 Å². The predicted molar refractivity (Wildman–Crippen MR) is 83.1 cm³/mol. The van der Waals surface area contributed by atoms with Crippen molar-refractivity contribution in [1.82, 2.24) is 0 Å². The number of hydrogen-bond donors (Lipinski definition) is 1. The maximum absolute atomic E-state index is 12.4. The van der Waals surface area contributed by atoms with Gasteiger partial charge in [-0.05, 0) is 30.3 Å². The van der Waals surface area contributed by atoms with Crippen molar-refractivity contribution in [1.29, 1.82) is 0 Å². The molecule has 2 aromatic rings. The van der Waals surface area contributed by atoms with Gasteiger partial charge in [0, 0.05) is 24.7 Å². The van der Waals surface area contributed by atoms with Gasteiger partial charge in [-0.15, -0.1) is 0 Å². The molecule has 2 rings (SSSR count). The summed E-state index contributed by atoms with van der Waals surface area (Å²) in [5.41, 5.74) is 7.70. The van der Waals surface area contributed by atoms with Crippen LogP contribution in [0.1, 0.15) is 28.6 Å². The molecular weight excluding hydrogens is 272 g/mol. The van der Waals surface area contributed by atoms with Crippen molar-refractivity contribution in [3.05, 3.63) is 53.5 Å². The topological polar surface area (TPSA) is 59.5 Å². The van der Waals surface area contributed by atoms with E-state index in [0.29, 0.717) is 22.7 Å². The number of amides is 1. The van der Waals surface area contributed by atoms with Crippen LogP contribution in [0.2, 0.25) is 0 Å².